The Kier molecular flexibility index (Phi) is 6.37. The molecule has 0 amide bonds. The molecule has 1 aromatic rings. The van der Waals surface area contributed by atoms with Crippen molar-refractivity contribution in [2.45, 2.75) is 20.3 Å². The Morgan fingerprint density at radius 2 is 1.89 bits per heavy atom. The van der Waals surface area contributed by atoms with Crippen LogP contribution in [0.15, 0.2) is 18.2 Å². The van der Waals surface area contributed by atoms with E-state index in [0.29, 0.717) is 13.0 Å². The molecule has 19 heavy (non-hydrogen) atoms. The van der Waals surface area contributed by atoms with Crippen molar-refractivity contribution in [3.8, 4) is 0 Å². The summed E-state index contributed by atoms with van der Waals surface area (Å²) in [6.45, 7) is 6.63. The van der Waals surface area contributed by atoms with Gasteiger partial charge in [-0.25, -0.2) is 0 Å². The van der Waals surface area contributed by atoms with E-state index in [0.717, 1.165) is 17.4 Å². The molecule has 1 rings (SSSR count). The number of benzene rings is 1. The second kappa shape index (κ2) is 7.32. The molecule has 1 N–H and O–H groups in total. The molecule has 0 bridgehead atoms. The first-order valence-corrected chi connectivity index (χ1v) is 9.21. The first-order chi connectivity index (χ1) is 8.87. The maximum absolute atomic E-state index is 11.1. The fourth-order valence-electron chi connectivity index (χ4n) is 1.93. The van der Waals surface area contributed by atoms with Crippen molar-refractivity contribution in [3.05, 3.63) is 23.8 Å². The average Bonchev–Trinajstić information content (AvgIpc) is 2.32. The van der Waals surface area contributed by atoms with Crippen molar-refractivity contribution in [3.63, 3.8) is 0 Å². The fourth-order valence-corrected chi connectivity index (χ4v) is 2.93. The van der Waals surface area contributed by atoms with Gasteiger partial charge >= 0.3 is 125 Å². The van der Waals surface area contributed by atoms with Crippen LogP contribution in [0.1, 0.15) is 19.4 Å². The van der Waals surface area contributed by atoms with Crippen LogP contribution >= 0.6 is 0 Å². The van der Waals surface area contributed by atoms with E-state index in [1.54, 1.807) is 0 Å². The van der Waals surface area contributed by atoms with Crippen LogP contribution in [0.2, 0.25) is 0 Å². The summed E-state index contributed by atoms with van der Waals surface area (Å²) < 4.78 is 25.8. The minimum atomic E-state index is -3.11. The van der Waals surface area contributed by atoms with E-state index in [-0.39, 0.29) is 0 Å². The Labute approximate surface area is 125 Å². The van der Waals surface area contributed by atoms with E-state index < -0.39 is 10.0 Å². The molecular weight excluding hydrogens is 323 g/mol. The van der Waals surface area contributed by atoms with E-state index >= 15 is 0 Å². The number of anilines is 1. The van der Waals surface area contributed by atoms with Gasteiger partial charge in [-0.3, -0.25) is 0 Å². The third-order valence-corrected chi connectivity index (χ3v) is 4.59. The average molecular weight is 344 g/mol. The summed E-state index contributed by atoms with van der Waals surface area (Å²) in [6, 6.07) is 6.32. The second-order valence-corrected chi connectivity index (χ2v) is 7.25. The van der Waals surface area contributed by atoms with Crippen LogP contribution in [-0.4, -0.2) is 51.2 Å². The molecule has 0 atom stereocenters. The molecule has 0 fully saturated rings. The molecular formula is C13H21AsN2O2S. The quantitative estimate of drug-likeness (QED) is 0.730. The fraction of sp³-hybridized carbons (Fsp3) is 0.538. The van der Waals surface area contributed by atoms with Gasteiger partial charge in [-0.1, -0.05) is 0 Å². The number of hydrogen-bond donors (Lipinski definition) is 1. The summed E-state index contributed by atoms with van der Waals surface area (Å²) >= 11 is 2.54. The van der Waals surface area contributed by atoms with Gasteiger partial charge in [0.1, 0.15) is 0 Å². The molecule has 0 heterocycles. The predicted octanol–water partition coefficient (Wildman–Crippen LogP) is 0.418. The van der Waals surface area contributed by atoms with Crippen molar-refractivity contribution in [2.75, 3.05) is 30.8 Å². The summed E-state index contributed by atoms with van der Waals surface area (Å²) in [5, 5.41) is 0. The normalized spacial score (nSPS) is 11.6. The van der Waals surface area contributed by atoms with E-state index in [9.17, 15) is 8.42 Å². The molecule has 6 heteroatoms. The molecule has 0 spiro atoms. The van der Waals surface area contributed by atoms with Crippen molar-refractivity contribution < 1.29 is 8.42 Å². The Hall–Kier alpha value is -0.512. The SMILES string of the molecule is CCN(CC)c1ccc([As])c(CCNS(C)(=O)=O)c1. The Balaban J connectivity index is 2.80. The van der Waals surface area contributed by atoms with Crippen molar-refractivity contribution in [1.29, 1.82) is 0 Å². The van der Waals surface area contributed by atoms with Gasteiger partial charge in [0, 0.05) is 0 Å². The van der Waals surface area contributed by atoms with Crippen molar-refractivity contribution in [2.24, 2.45) is 0 Å². The van der Waals surface area contributed by atoms with Gasteiger partial charge in [-0.15, -0.1) is 0 Å². The molecule has 0 saturated carbocycles. The summed E-state index contributed by atoms with van der Waals surface area (Å²) in [5.74, 6) is 0. The van der Waals surface area contributed by atoms with Gasteiger partial charge in [-0.05, 0) is 0 Å². The van der Waals surface area contributed by atoms with Crippen LogP contribution in [0.3, 0.4) is 0 Å². The van der Waals surface area contributed by atoms with E-state index in [1.807, 2.05) is 0 Å². The number of nitrogens with zero attached hydrogens (tertiary/aromatic N) is 1. The number of rotatable bonds is 7. The van der Waals surface area contributed by atoms with Gasteiger partial charge in [0.2, 0.25) is 0 Å². The van der Waals surface area contributed by atoms with Crippen LogP contribution in [0.5, 0.6) is 0 Å². The van der Waals surface area contributed by atoms with Crippen LogP contribution in [-0.2, 0) is 16.4 Å². The zero-order valence-corrected chi connectivity index (χ0v) is 14.4. The maximum atomic E-state index is 11.1. The first kappa shape index (κ1) is 16.5. The standard InChI is InChI=1S/C13H21AsN2O2S/c1-4-16(5-2)12-6-7-13(14)11(10-12)8-9-15-19(3,17)18/h6-7,10,15H,4-5,8-9H2,1-3H3. The minimum absolute atomic E-state index is 0.436. The van der Waals surface area contributed by atoms with Crippen molar-refractivity contribution in [1.82, 2.24) is 4.72 Å². The Bertz CT molecular complexity index is 513. The number of sulfonamides is 1. The topological polar surface area (TPSA) is 49.4 Å². The van der Waals surface area contributed by atoms with Gasteiger partial charge in [0.05, 0.1) is 0 Å². The van der Waals surface area contributed by atoms with Gasteiger partial charge in [-0.2, -0.15) is 0 Å². The Morgan fingerprint density at radius 1 is 1.26 bits per heavy atom. The zero-order chi connectivity index (χ0) is 14.5. The van der Waals surface area contributed by atoms with Crippen LogP contribution in [0.25, 0.3) is 0 Å². The van der Waals surface area contributed by atoms with Gasteiger partial charge in [0.15, 0.2) is 0 Å². The Morgan fingerprint density at radius 3 is 2.42 bits per heavy atom. The zero-order valence-electron chi connectivity index (χ0n) is 11.7. The number of nitrogens with one attached hydrogen (secondary N) is 1. The molecule has 0 unspecified atom stereocenters. The third-order valence-electron chi connectivity index (χ3n) is 2.95. The molecule has 0 aliphatic heterocycles. The second-order valence-electron chi connectivity index (χ2n) is 4.40. The molecule has 2 radical (unpaired) electrons. The molecule has 4 nitrogen and oxygen atoms in total. The summed E-state index contributed by atoms with van der Waals surface area (Å²) in [4.78, 5) is 2.28. The van der Waals surface area contributed by atoms with E-state index in [4.69, 9.17) is 0 Å². The van der Waals surface area contributed by atoms with Crippen molar-refractivity contribution >= 4 is 36.9 Å². The summed E-state index contributed by atoms with van der Waals surface area (Å²) in [5.41, 5.74) is 2.36. The first-order valence-electron chi connectivity index (χ1n) is 6.38. The molecule has 0 saturated heterocycles. The van der Waals surface area contributed by atoms with E-state index in [2.05, 4.69) is 58.5 Å². The van der Waals surface area contributed by atoms with Gasteiger partial charge in [0.25, 0.3) is 0 Å². The third kappa shape index (κ3) is 5.55. The summed E-state index contributed by atoms with van der Waals surface area (Å²) in [6.07, 6.45) is 1.88. The predicted molar refractivity (Wildman–Crippen MR) is 81.9 cm³/mol. The summed E-state index contributed by atoms with van der Waals surface area (Å²) in [7, 11) is -3.11. The van der Waals surface area contributed by atoms with Crippen LogP contribution in [0, 0.1) is 0 Å². The van der Waals surface area contributed by atoms with Crippen LogP contribution in [0.4, 0.5) is 5.69 Å². The number of hydrogen-bond acceptors (Lipinski definition) is 3. The molecule has 106 valence electrons. The monoisotopic (exact) mass is 344 g/mol. The molecule has 1 aromatic carbocycles. The molecule has 0 aliphatic rings. The van der Waals surface area contributed by atoms with Crippen LogP contribution < -0.4 is 14.0 Å². The molecule has 0 aromatic heterocycles. The van der Waals surface area contributed by atoms with Gasteiger partial charge < -0.3 is 0 Å². The molecule has 0 aliphatic carbocycles. The van der Waals surface area contributed by atoms with E-state index in [1.165, 1.54) is 17.5 Å².